The monoisotopic (exact) mass is 262 g/mol. The molecule has 1 N–H and O–H groups in total. The first kappa shape index (κ1) is 10.8. The fraction of sp³-hybridized carbons (Fsp3) is 0. The molecular formula is C9H5BrF2O2. The van der Waals surface area contributed by atoms with Crippen molar-refractivity contribution < 1.29 is 18.7 Å². The van der Waals surface area contributed by atoms with E-state index in [1.165, 1.54) is 0 Å². The van der Waals surface area contributed by atoms with E-state index in [9.17, 15) is 13.6 Å². The van der Waals surface area contributed by atoms with Gasteiger partial charge in [0, 0.05) is 11.6 Å². The average molecular weight is 263 g/mol. The summed E-state index contributed by atoms with van der Waals surface area (Å²) < 4.78 is 25.6. The van der Waals surface area contributed by atoms with Crippen LogP contribution in [0.5, 0.6) is 0 Å². The Labute approximate surface area is 87.0 Å². The first-order chi connectivity index (χ1) is 6.52. The van der Waals surface area contributed by atoms with Crippen molar-refractivity contribution in [3.8, 4) is 0 Å². The van der Waals surface area contributed by atoms with Gasteiger partial charge in [-0.05, 0) is 34.1 Å². The Morgan fingerprint density at radius 3 is 2.64 bits per heavy atom. The lowest BCUT2D eigenvalue weighted by molar-refractivity contribution is -0.131. The zero-order valence-electron chi connectivity index (χ0n) is 6.80. The molecule has 0 radical (unpaired) electrons. The largest absolute Gasteiger partial charge is 0.478 e. The van der Waals surface area contributed by atoms with Crippen molar-refractivity contribution >= 4 is 28.0 Å². The van der Waals surface area contributed by atoms with Gasteiger partial charge < -0.3 is 5.11 Å². The van der Waals surface area contributed by atoms with Gasteiger partial charge in [0.05, 0.1) is 4.47 Å². The summed E-state index contributed by atoms with van der Waals surface area (Å²) in [7, 11) is 0. The van der Waals surface area contributed by atoms with Crippen LogP contribution in [0.2, 0.25) is 0 Å². The van der Waals surface area contributed by atoms with Crippen molar-refractivity contribution in [1.82, 2.24) is 0 Å². The second-order valence-electron chi connectivity index (χ2n) is 2.44. The minimum atomic E-state index is -1.19. The lowest BCUT2D eigenvalue weighted by Gasteiger charge is -1.99. The van der Waals surface area contributed by atoms with Crippen LogP contribution in [0.3, 0.4) is 0 Å². The van der Waals surface area contributed by atoms with Gasteiger partial charge in [-0.1, -0.05) is 0 Å². The molecule has 0 aliphatic carbocycles. The van der Waals surface area contributed by atoms with Gasteiger partial charge >= 0.3 is 5.97 Å². The molecule has 0 heterocycles. The van der Waals surface area contributed by atoms with Crippen LogP contribution in [-0.2, 0) is 4.79 Å². The van der Waals surface area contributed by atoms with Crippen LogP contribution in [0.15, 0.2) is 22.7 Å². The number of aliphatic carboxylic acids is 1. The second-order valence-corrected chi connectivity index (χ2v) is 3.23. The molecule has 0 aliphatic rings. The van der Waals surface area contributed by atoms with Crippen LogP contribution in [0.25, 0.3) is 6.08 Å². The zero-order valence-corrected chi connectivity index (χ0v) is 8.38. The van der Waals surface area contributed by atoms with Crippen LogP contribution in [0.4, 0.5) is 8.78 Å². The minimum absolute atomic E-state index is 0.0145. The zero-order chi connectivity index (χ0) is 10.7. The van der Waals surface area contributed by atoms with E-state index in [0.717, 1.165) is 24.3 Å². The van der Waals surface area contributed by atoms with Crippen molar-refractivity contribution in [2.24, 2.45) is 0 Å². The Morgan fingerprint density at radius 2 is 2.07 bits per heavy atom. The van der Waals surface area contributed by atoms with Crippen LogP contribution in [0, 0.1) is 11.6 Å². The Morgan fingerprint density at radius 1 is 1.43 bits per heavy atom. The molecule has 0 fully saturated rings. The first-order valence-corrected chi connectivity index (χ1v) is 4.36. The Kier molecular flexibility index (Phi) is 3.35. The second kappa shape index (κ2) is 4.32. The maximum Gasteiger partial charge on any atom is 0.328 e. The summed E-state index contributed by atoms with van der Waals surface area (Å²) in [5.41, 5.74) is 0.0145. The third-order valence-corrected chi connectivity index (χ3v) is 2.20. The molecule has 0 unspecified atom stereocenters. The van der Waals surface area contributed by atoms with Gasteiger partial charge in [0.1, 0.15) is 11.6 Å². The van der Waals surface area contributed by atoms with Gasteiger partial charge in [-0.2, -0.15) is 0 Å². The van der Waals surface area contributed by atoms with Crippen LogP contribution in [0.1, 0.15) is 5.56 Å². The summed E-state index contributed by atoms with van der Waals surface area (Å²) in [6.45, 7) is 0. The lowest BCUT2D eigenvalue weighted by Crippen LogP contribution is -1.90. The number of carbonyl (C=O) groups is 1. The molecule has 0 saturated heterocycles. The quantitative estimate of drug-likeness (QED) is 0.658. The highest BCUT2D eigenvalue weighted by atomic mass is 79.9. The van der Waals surface area contributed by atoms with Crippen molar-refractivity contribution in [3.63, 3.8) is 0 Å². The molecule has 1 aromatic carbocycles. The van der Waals surface area contributed by atoms with Crippen LogP contribution >= 0.6 is 15.9 Å². The highest BCUT2D eigenvalue weighted by Crippen LogP contribution is 2.23. The van der Waals surface area contributed by atoms with Gasteiger partial charge in [-0.25, -0.2) is 13.6 Å². The molecule has 1 rings (SSSR count). The maximum absolute atomic E-state index is 13.2. The van der Waals surface area contributed by atoms with E-state index >= 15 is 0 Å². The molecular weight excluding hydrogens is 258 g/mol. The predicted octanol–water partition coefficient (Wildman–Crippen LogP) is 2.83. The number of hydrogen-bond acceptors (Lipinski definition) is 1. The topological polar surface area (TPSA) is 37.3 Å². The molecule has 0 atom stereocenters. The molecule has 0 bridgehead atoms. The maximum atomic E-state index is 13.2. The summed E-state index contributed by atoms with van der Waals surface area (Å²) >= 11 is 2.71. The Balaban J connectivity index is 3.12. The van der Waals surface area contributed by atoms with E-state index in [1.54, 1.807) is 0 Å². The Hall–Kier alpha value is -1.23. The van der Waals surface area contributed by atoms with Gasteiger partial charge in [-0.3, -0.25) is 0 Å². The minimum Gasteiger partial charge on any atom is -0.478 e. The molecule has 14 heavy (non-hydrogen) atoms. The van der Waals surface area contributed by atoms with E-state index in [2.05, 4.69) is 15.9 Å². The van der Waals surface area contributed by atoms with Crippen molar-refractivity contribution in [2.45, 2.75) is 0 Å². The van der Waals surface area contributed by atoms with E-state index in [0.29, 0.717) is 0 Å². The molecule has 5 heteroatoms. The molecule has 2 nitrogen and oxygen atoms in total. The highest BCUT2D eigenvalue weighted by molar-refractivity contribution is 9.10. The van der Waals surface area contributed by atoms with Gasteiger partial charge in [0.2, 0.25) is 0 Å². The van der Waals surface area contributed by atoms with Gasteiger partial charge in [0.25, 0.3) is 0 Å². The van der Waals surface area contributed by atoms with Gasteiger partial charge in [0.15, 0.2) is 0 Å². The van der Waals surface area contributed by atoms with Crippen LogP contribution in [-0.4, -0.2) is 11.1 Å². The van der Waals surface area contributed by atoms with Crippen molar-refractivity contribution in [1.29, 1.82) is 0 Å². The number of carboxylic acid groups (broad SMARTS) is 1. The van der Waals surface area contributed by atoms with E-state index in [-0.39, 0.29) is 10.0 Å². The van der Waals surface area contributed by atoms with Crippen molar-refractivity contribution in [2.75, 3.05) is 0 Å². The first-order valence-electron chi connectivity index (χ1n) is 3.57. The summed E-state index contributed by atoms with van der Waals surface area (Å²) in [4.78, 5) is 10.1. The Bertz CT molecular complexity index is 402. The summed E-state index contributed by atoms with van der Waals surface area (Å²) in [6.07, 6.45) is 1.84. The van der Waals surface area contributed by atoms with E-state index in [4.69, 9.17) is 5.11 Å². The summed E-state index contributed by atoms with van der Waals surface area (Å²) in [5.74, 6) is -2.73. The fourth-order valence-corrected chi connectivity index (χ4v) is 1.19. The standard InChI is InChI=1S/C9H5BrF2O2/c10-8-6(11)3-1-5(9(8)12)2-4-7(13)14/h1-4H,(H,13,14)/b4-2+. The number of rotatable bonds is 2. The number of halogens is 3. The molecule has 74 valence electrons. The number of carboxylic acids is 1. The number of hydrogen-bond donors (Lipinski definition) is 1. The average Bonchev–Trinajstić information content (AvgIpc) is 2.13. The van der Waals surface area contributed by atoms with E-state index < -0.39 is 17.6 Å². The van der Waals surface area contributed by atoms with Crippen molar-refractivity contribution in [3.05, 3.63) is 39.9 Å². The molecule has 0 aliphatic heterocycles. The summed E-state index contributed by atoms with van der Waals surface area (Å²) in [6, 6.07) is 2.21. The smallest absolute Gasteiger partial charge is 0.328 e. The molecule has 0 aromatic heterocycles. The number of benzene rings is 1. The third kappa shape index (κ3) is 2.38. The third-order valence-electron chi connectivity index (χ3n) is 1.47. The van der Waals surface area contributed by atoms with Crippen LogP contribution < -0.4 is 0 Å². The SMILES string of the molecule is O=C(O)/C=C/c1ccc(F)c(Br)c1F. The molecule has 0 saturated carbocycles. The van der Waals surface area contributed by atoms with Gasteiger partial charge in [-0.15, -0.1) is 0 Å². The molecule has 0 amide bonds. The predicted molar refractivity (Wildman–Crippen MR) is 50.7 cm³/mol. The highest BCUT2D eigenvalue weighted by Gasteiger charge is 2.08. The van der Waals surface area contributed by atoms with E-state index in [1.807, 2.05) is 0 Å². The normalized spacial score (nSPS) is 10.8. The molecule has 0 spiro atoms. The summed E-state index contributed by atoms with van der Waals surface area (Å²) in [5, 5.41) is 8.29. The molecule has 1 aromatic rings. The lowest BCUT2D eigenvalue weighted by atomic mass is 10.2. The fourth-order valence-electron chi connectivity index (χ4n) is 0.831.